The van der Waals surface area contributed by atoms with Crippen molar-refractivity contribution in [3.8, 4) is 0 Å². The van der Waals surface area contributed by atoms with E-state index in [1.165, 1.54) is 13.2 Å². The van der Waals surface area contributed by atoms with Crippen molar-refractivity contribution >= 4 is 20.3 Å². The molecule has 1 atom stereocenters. The number of hydrogen-bond acceptors (Lipinski definition) is 5. The molecule has 0 saturated carbocycles. The van der Waals surface area contributed by atoms with Crippen molar-refractivity contribution in [2.75, 3.05) is 20.5 Å². The predicted octanol–water partition coefficient (Wildman–Crippen LogP) is 2.39. The van der Waals surface area contributed by atoms with Crippen molar-refractivity contribution < 1.29 is 23.8 Å². The van der Waals surface area contributed by atoms with Crippen LogP contribution in [0.25, 0.3) is 0 Å². The highest BCUT2D eigenvalue weighted by atomic mass is 28.3. The standard InChI is InChI=1S/C14H26O5Si/c1-17-14(16)8-6-5-7-13(11-15)19-12-18-9-10-20(2,3)4/h6,8,11,13H,5,7,9-10,12H2,1-4H3/b8-6+/t13-/m0/s1. The van der Waals surface area contributed by atoms with E-state index in [4.69, 9.17) is 9.47 Å². The number of rotatable bonds is 11. The molecule has 0 amide bonds. The second kappa shape index (κ2) is 10.8. The Bertz CT molecular complexity index is 309. The van der Waals surface area contributed by atoms with Crippen LogP contribution in [0.2, 0.25) is 25.7 Å². The van der Waals surface area contributed by atoms with Crippen LogP contribution in [0.4, 0.5) is 0 Å². The van der Waals surface area contributed by atoms with E-state index in [9.17, 15) is 9.59 Å². The van der Waals surface area contributed by atoms with Crippen LogP contribution in [0.3, 0.4) is 0 Å². The summed E-state index contributed by atoms with van der Waals surface area (Å²) in [6.45, 7) is 7.63. The number of methoxy groups -OCH3 is 1. The number of ether oxygens (including phenoxy) is 3. The molecular formula is C14H26O5Si. The van der Waals surface area contributed by atoms with E-state index < -0.39 is 20.1 Å². The van der Waals surface area contributed by atoms with Gasteiger partial charge in [-0.25, -0.2) is 4.79 Å². The Kier molecular flexibility index (Phi) is 10.2. The van der Waals surface area contributed by atoms with E-state index >= 15 is 0 Å². The monoisotopic (exact) mass is 302 g/mol. The second-order valence-corrected chi connectivity index (χ2v) is 11.3. The summed E-state index contributed by atoms with van der Waals surface area (Å²) >= 11 is 0. The molecule has 0 radical (unpaired) electrons. The molecule has 20 heavy (non-hydrogen) atoms. The summed E-state index contributed by atoms with van der Waals surface area (Å²) in [5, 5.41) is 0. The molecule has 0 aliphatic rings. The van der Waals surface area contributed by atoms with Gasteiger partial charge in [0.1, 0.15) is 19.2 Å². The Hall–Kier alpha value is -0.983. The normalized spacial score (nSPS) is 13.4. The zero-order chi connectivity index (χ0) is 15.4. The fourth-order valence-corrected chi connectivity index (χ4v) is 2.03. The molecule has 0 saturated heterocycles. The second-order valence-electron chi connectivity index (χ2n) is 5.68. The highest BCUT2D eigenvalue weighted by Crippen LogP contribution is 2.08. The Balaban J connectivity index is 3.69. The summed E-state index contributed by atoms with van der Waals surface area (Å²) in [4.78, 5) is 21.6. The zero-order valence-electron chi connectivity index (χ0n) is 12.9. The molecule has 5 nitrogen and oxygen atoms in total. The maximum absolute atomic E-state index is 10.8. The summed E-state index contributed by atoms with van der Waals surface area (Å²) in [6, 6.07) is 1.07. The lowest BCUT2D eigenvalue weighted by Crippen LogP contribution is -2.23. The molecule has 6 heteroatoms. The molecule has 0 fully saturated rings. The molecule has 0 aromatic heterocycles. The van der Waals surface area contributed by atoms with Crippen molar-refractivity contribution in [1.29, 1.82) is 0 Å². The molecule has 0 heterocycles. The van der Waals surface area contributed by atoms with Crippen LogP contribution < -0.4 is 0 Å². The minimum atomic E-state index is -1.09. The van der Waals surface area contributed by atoms with E-state index in [0.29, 0.717) is 19.4 Å². The lowest BCUT2D eigenvalue weighted by molar-refractivity contribution is -0.134. The number of carbonyl (C=O) groups is 2. The third-order valence-electron chi connectivity index (χ3n) is 2.59. The number of allylic oxidation sites excluding steroid dienone is 1. The molecule has 0 aromatic carbocycles. The van der Waals surface area contributed by atoms with Crippen molar-refractivity contribution in [1.82, 2.24) is 0 Å². The first-order valence-corrected chi connectivity index (χ1v) is 10.5. The van der Waals surface area contributed by atoms with Gasteiger partial charge in [-0.15, -0.1) is 0 Å². The molecular weight excluding hydrogens is 276 g/mol. The lowest BCUT2D eigenvalue weighted by Gasteiger charge is -2.16. The summed E-state index contributed by atoms with van der Waals surface area (Å²) < 4.78 is 15.1. The number of aldehydes is 1. The summed E-state index contributed by atoms with van der Waals surface area (Å²) in [6.07, 6.45) is 4.36. The molecule has 0 unspecified atom stereocenters. The van der Waals surface area contributed by atoms with Crippen LogP contribution in [0.1, 0.15) is 12.8 Å². The highest BCUT2D eigenvalue weighted by Gasteiger charge is 2.12. The minimum absolute atomic E-state index is 0.134. The maximum atomic E-state index is 10.8. The fraction of sp³-hybridized carbons (Fsp3) is 0.714. The quantitative estimate of drug-likeness (QED) is 0.146. The van der Waals surface area contributed by atoms with Gasteiger partial charge in [0.25, 0.3) is 0 Å². The van der Waals surface area contributed by atoms with Gasteiger partial charge in [-0.2, -0.15) is 0 Å². The third kappa shape index (κ3) is 12.1. The van der Waals surface area contributed by atoms with Gasteiger partial charge in [0, 0.05) is 20.8 Å². The van der Waals surface area contributed by atoms with E-state index in [0.717, 1.165) is 12.3 Å². The van der Waals surface area contributed by atoms with E-state index in [1.54, 1.807) is 6.08 Å². The maximum Gasteiger partial charge on any atom is 0.330 e. The first-order chi connectivity index (χ1) is 9.39. The molecule has 0 spiro atoms. The molecule has 0 bridgehead atoms. The highest BCUT2D eigenvalue weighted by molar-refractivity contribution is 6.76. The first-order valence-electron chi connectivity index (χ1n) is 6.78. The van der Waals surface area contributed by atoms with Gasteiger partial charge in [-0.1, -0.05) is 25.7 Å². The van der Waals surface area contributed by atoms with Gasteiger partial charge >= 0.3 is 5.97 Å². The Morgan fingerprint density at radius 2 is 2.00 bits per heavy atom. The first kappa shape index (κ1) is 19.0. The van der Waals surface area contributed by atoms with Crippen LogP contribution in [0.5, 0.6) is 0 Å². The van der Waals surface area contributed by atoms with Gasteiger partial charge < -0.3 is 19.0 Å². The summed E-state index contributed by atoms with van der Waals surface area (Å²) in [5.41, 5.74) is 0. The van der Waals surface area contributed by atoms with Crippen molar-refractivity contribution in [2.24, 2.45) is 0 Å². The van der Waals surface area contributed by atoms with Crippen molar-refractivity contribution in [2.45, 2.75) is 44.6 Å². The zero-order valence-corrected chi connectivity index (χ0v) is 13.9. The molecule has 0 rings (SSSR count). The average Bonchev–Trinajstić information content (AvgIpc) is 2.39. The van der Waals surface area contributed by atoms with Crippen LogP contribution in [0.15, 0.2) is 12.2 Å². The summed E-state index contributed by atoms with van der Waals surface area (Å²) in [5.74, 6) is -0.400. The Morgan fingerprint density at radius 1 is 1.30 bits per heavy atom. The number of hydrogen-bond donors (Lipinski definition) is 0. The lowest BCUT2D eigenvalue weighted by atomic mass is 10.2. The van der Waals surface area contributed by atoms with Crippen LogP contribution in [-0.4, -0.2) is 46.9 Å². The fourth-order valence-electron chi connectivity index (χ4n) is 1.27. The Labute approximate surface area is 122 Å². The van der Waals surface area contributed by atoms with Crippen molar-refractivity contribution in [3.05, 3.63) is 12.2 Å². The van der Waals surface area contributed by atoms with E-state index in [1.807, 2.05) is 0 Å². The van der Waals surface area contributed by atoms with Crippen LogP contribution in [0, 0.1) is 0 Å². The van der Waals surface area contributed by atoms with Gasteiger partial charge in [0.05, 0.1) is 7.11 Å². The largest absolute Gasteiger partial charge is 0.466 e. The van der Waals surface area contributed by atoms with Gasteiger partial charge in [0.15, 0.2) is 0 Å². The topological polar surface area (TPSA) is 61.8 Å². The third-order valence-corrected chi connectivity index (χ3v) is 4.29. The van der Waals surface area contributed by atoms with E-state index in [2.05, 4.69) is 24.4 Å². The Morgan fingerprint density at radius 3 is 2.55 bits per heavy atom. The molecule has 0 N–H and O–H groups in total. The molecule has 0 aliphatic heterocycles. The molecule has 0 aromatic rings. The van der Waals surface area contributed by atoms with E-state index in [-0.39, 0.29) is 6.79 Å². The van der Waals surface area contributed by atoms with Gasteiger partial charge in [0.2, 0.25) is 0 Å². The van der Waals surface area contributed by atoms with Crippen LogP contribution in [-0.2, 0) is 23.8 Å². The minimum Gasteiger partial charge on any atom is -0.466 e. The predicted molar refractivity (Wildman–Crippen MR) is 80.3 cm³/mol. The number of carbonyl (C=O) groups excluding carboxylic acids is 2. The molecule has 116 valence electrons. The molecule has 0 aliphatic carbocycles. The summed E-state index contributed by atoms with van der Waals surface area (Å²) in [7, 11) is 0.235. The van der Waals surface area contributed by atoms with Gasteiger partial charge in [-0.05, 0) is 18.9 Å². The number of esters is 1. The van der Waals surface area contributed by atoms with Crippen molar-refractivity contribution in [3.63, 3.8) is 0 Å². The van der Waals surface area contributed by atoms with Gasteiger partial charge in [-0.3, -0.25) is 0 Å². The SMILES string of the molecule is COC(=O)/C=C/CC[C@@H](C=O)OCOCC[Si](C)(C)C. The van der Waals surface area contributed by atoms with Crippen LogP contribution >= 0.6 is 0 Å². The smallest absolute Gasteiger partial charge is 0.330 e. The average molecular weight is 302 g/mol.